The second-order valence-electron chi connectivity index (χ2n) is 7.79. The topological polar surface area (TPSA) is 66.5 Å². The van der Waals surface area contributed by atoms with Gasteiger partial charge in [-0.3, -0.25) is 0 Å². The number of rotatable bonds is 4. The first-order chi connectivity index (χ1) is 15.1. The predicted molar refractivity (Wildman–Crippen MR) is 112 cm³/mol. The first-order valence-corrected chi connectivity index (χ1v) is 10.3. The smallest absolute Gasteiger partial charge is 0.188 e. The average Bonchev–Trinajstić information content (AvgIpc) is 3.23. The summed E-state index contributed by atoms with van der Waals surface area (Å²) < 4.78 is 29.0. The van der Waals surface area contributed by atoms with E-state index in [0.29, 0.717) is 17.0 Å². The van der Waals surface area contributed by atoms with Crippen LogP contribution >= 0.6 is 0 Å². The number of benzene rings is 2. The number of halogens is 2. The Morgan fingerprint density at radius 2 is 1.65 bits per heavy atom. The van der Waals surface area contributed by atoms with Gasteiger partial charge in [-0.15, -0.1) is 15.3 Å². The Morgan fingerprint density at radius 3 is 2.39 bits per heavy atom. The molecule has 1 unspecified atom stereocenters. The summed E-state index contributed by atoms with van der Waals surface area (Å²) in [6, 6.07) is 16.1. The van der Waals surface area contributed by atoms with E-state index < -0.39 is 6.10 Å². The first-order valence-electron chi connectivity index (χ1n) is 10.3. The van der Waals surface area contributed by atoms with Gasteiger partial charge in [0.15, 0.2) is 11.5 Å². The Labute approximate surface area is 177 Å². The lowest BCUT2D eigenvalue weighted by atomic mass is 9.87. The van der Waals surface area contributed by atoms with Gasteiger partial charge in [0.25, 0.3) is 0 Å². The quantitative estimate of drug-likeness (QED) is 0.539. The number of nitrogens with zero attached hydrogens (tertiary/aromatic N) is 5. The Kier molecular flexibility index (Phi) is 5.07. The van der Waals surface area contributed by atoms with Crippen molar-refractivity contribution < 1.29 is 13.9 Å². The number of hydrogen-bond acceptors (Lipinski definition) is 5. The van der Waals surface area contributed by atoms with Gasteiger partial charge in [0.1, 0.15) is 17.5 Å². The number of piperidine rings is 1. The lowest BCUT2D eigenvalue weighted by Gasteiger charge is -2.35. The SMILES string of the molecule is OC(c1ccc(F)cc1)C1CCN(c2ccc3nnc(-c4ccccc4F)n3n2)CC1. The van der Waals surface area contributed by atoms with E-state index in [-0.39, 0.29) is 17.6 Å². The van der Waals surface area contributed by atoms with Gasteiger partial charge in [-0.2, -0.15) is 4.52 Å². The van der Waals surface area contributed by atoms with Crippen molar-refractivity contribution in [2.75, 3.05) is 18.0 Å². The summed E-state index contributed by atoms with van der Waals surface area (Å²) in [5, 5.41) is 23.6. The van der Waals surface area contributed by atoms with Crippen LogP contribution < -0.4 is 4.90 Å². The maximum atomic E-state index is 14.3. The zero-order valence-electron chi connectivity index (χ0n) is 16.7. The molecule has 2 aromatic carbocycles. The van der Waals surface area contributed by atoms with E-state index in [1.807, 2.05) is 12.1 Å². The molecular formula is C23H21F2N5O. The van der Waals surface area contributed by atoms with Gasteiger partial charge in [-0.25, -0.2) is 8.78 Å². The van der Waals surface area contributed by atoms with Crippen LogP contribution in [0.2, 0.25) is 0 Å². The molecule has 8 heteroatoms. The van der Waals surface area contributed by atoms with Crippen molar-refractivity contribution in [3.8, 4) is 11.4 Å². The molecule has 0 radical (unpaired) electrons. The van der Waals surface area contributed by atoms with Crippen LogP contribution in [0.3, 0.4) is 0 Å². The fraction of sp³-hybridized carbons (Fsp3) is 0.261. The van der Waals surface area contributed by atoms with Crippen molar-refractivity contribution in [3.05, 3.63) is 77.9 Å². The van der Waals surface area contributed by atoms with Crippen LogP contribution in [0.25, 0.3) is 17.0 Å². The van der Waals surface area contributed by atoms with E-state index in [2.05, 4.69) is 20.2 Å². The highest BCUT2D eigenvalue weighted by Gasteiger charge is 2.27. The van der Waals surface area contributed by atoms with E-state index >= 15 is 0 Å². The normalized spacial score (nSPS) is 16.0. The molecule has 3 heterocycles. The molecule has 0 saturated carbocycles. The zero-order valence-corrected chi connectivity index (χ0v) is 16.7. The molecule has 2 aromatic heterocycles. The molecule has 4 aromatic rings. The maximum absolute atomic E-state index is 14.3. The molecule has 0 spiro atoms. The van der Waals surface area contributed by atoms with Crippen molar-refractivity contribution in [2.45, 2.75) is 18.9 Å². The van der Waals surface area contributed by atoms with Gasteiger partial charge in [0.2, 0.25) is 0 Å². The molecule has 31 heavy (non-hydrogen) atoms. The van der Waals surface area contributed by atoms with Crippen LogP contribution in [0.1, 0.15) is 24.5 Å². The number of aliphatic hydroxyl groups excluding tert-OH is 1. The third kappa shape index (κ3) is 3.74. The van der Waals surface area contributed by atoms with Crippen molar-refractivity contribution in [1.82, 2.24) is 19.8 Å². The first kappa shape index (κ1) is 19.6. The molecular weight excluding hydrogens is 400 g/mol. The number of fused-ring (bicyclic) bond motifs is 1. The monoisotopic (exact) mass is 421 g/mol. The molecule has 6 nitrogen and oxygen atoms in total. The summed E-state index contributed by atoms with van der Waals surface area (Å²) in [5.41, 5.74) is 1.63. The van der Waals surface area contributed by atoms with Gasteiger partial charge in [-0.1, -0.05) is 24.3 Å². The fourth-order valence-corrected chi connectivity index (χ4v) is 4.13. The Balaban J connectivity index is 1.34. The van der Waals surface area contributed by atoms with Gasteiger partial charge in [0, 0.05) is 13.1 Å². The van der Waals surface area contributed by atoms with Crippen LogP contribution in [0.15, 0.2) is 60.7 Å². The van der Waals surface area contributed by atoms with Gasteiger partial charge < -0.3 is 10.0 Å². The van der Waals surface area contributed by atoms with E-state index in [1.165, 1.54) is 18.2 Å². The van der Waals surface area contributed by atoms with Gasteiger partial charge in [-0.05, 0) is 60.7 Å². The largest absolute Gasteiger partial charge is 0.388 e. The summed E-state index contributed by atoms with van der Waals surface area (Å²) in [4.78, 5) is 2.14. The van der Waals surface area contributed by atoms with E-state index in [0.717, 1.165) is 37.3 Å². The van der Waals surface area contributed by atoms with Crippen LogP contribution in [0.4, 0.5) is 14.6 Å². The fourth-order valence-electron chi connectivity index (χ4n) is 4.13. The molecule has 158 valence electrons. The molecule has 1 N–H and O–H groups in total. The standard InChI is InChI=1S/C23H21F2N5O/c24-17-7-5-15(6-8-17)22(31)16-11-13-29(14-12-16)21-10-9-20-26-27-23(30(20)28-21)18-3-1-2-4-19(18)25/h1-10,16,22,31H,11-14H2. The van der Waals surface area contributed by atoms with E-state index in [4.69, 9.17) is 0 Å². The van der Waals surface area contributed by atoms with Crippen LogP contribution in [0, 0.1) is 17.6 Å². The molecule has 0 aliphatic carbocycles. The lowest BCUT2D eigenvalue weighted by molar-refractivity contribution is 0.0928. The molecule has 1 aliphatic rings. The van der Waals surface area contributed by atoms with Crippen molar-refractivity contribution >= 4 is 11.5 Å². The van der Waals surface area contributed by atoms with Crippen LogP contribution in [0.5, 0.6) is 0 Å². The molecule has 1 atom stereocenters. The van der Waals surface area contributed by atoms with Gasteiger partial charge in [0.05, 0.1) is 11.7 Å². The van der Waals surface area contributed by atoms with Crippen LogP contribution in [-0.2, 0) is 0 Å². The highest BCUT2D eigenvalue weighted by Crippen LogP contribution is 2.32. The molecule has 5 rings (SSSR count). The molecule has 0 bridgehead atoms. The summed E-state index contributed by atoms with van der Waals surface area (Å²) in [5.74, 6) is 0.515. The Bertz CT molecular complexity index is 1200. The minimum Gasteiger partial charge on any atom is -0.388 e. The summed E-state index contributed by atoms with van der Waals surface area (Å²) in [6.45, 7) is 1.44. The minimum atomic E-state index is -0.622. The molecule has 1 fully saturated rings. The molecule has 1 saturated heterocycles. The number of hydrogen-bond donors (Lipinski definition) is 1. The Morgan fingerprint density at radius 1 is 0.903 bits per heavy atom. The predicted octanol–water partition coefficient (Wildman–Crippen LogP) is 4.02. The average molecular weight is 421 g/mol. The highest BCUT2D eigenvalue weighted by molar-refractivity contribution is 5.60. The van der Waals surface area contributed by atoms with Crippen molar-refractivity contribution in [2.24, 2.45) is 5.92 Å². The second-order valence-corrected chi connectivity index (χ2v) is 7.79. The summed E-state index contributed by atoms with van der Waals surface area (Å²) in [7, 11) is 0. The number of anilines is 1. The van der Waals surface area contributed by atoms with Crippen molar-refractivity contribution in [3.63, 3.8) is 0 Å². The highest BCUT2D eigenvalue weighted by atomic mass is 19.1. The third-order valence-corrected chi connectivity index (χ3v) is 5.89. The van der Waals surface area contributed by atoms with Gasteiger partial charge >= 0.3 is 0 Å². The summed E-state index contributed by atoms with van der Waals surface area (Å²) >= 11 is 0. The van der Waals surface area contributed by atoms with Crippen LogP contribution in [-0.4, -0.2) is 38.0 Å². The maximum Gasteiger partial charge on any atom is 0.188 e. The van der Waals surface area contributed by atoms with E-state index in [9.17, 15) is 13.9 Å². The second kappa shape index (κ2) is 8.03. The lowest BCUT2D eigenvalue weighted by Crippen LogP contribution is -2.36. The third-order valence-electron chi connectivity index (χ3n) is 5.89. The number of aromatic nitrogens is 4. The number of aliphatic hydroxyl groups is 1. The molecule has 1 aliphatic heterocycles. The Hall–Kier alpha value is -3.39. The van der Waals surface area contributed by atoms with Crippen molar-refractivity contribution in [1.29, 1.82) is 0 Å². The molecule has 0 amide bonds. The van der Waals surface area contributed by atoms with E-state index in [1.54, 1.807) is 34.8 Å². The summed E-state index contributed by atoms with van der Waals surface area (Å²) in [6.07, 6.45) is 0.935. The minimum absolute atomic E-state index is 0.0920. The zero-order chi connectivity index (χ0) is 21.4.